The second-order valence-electron chi connectivity index (χ2n) is 4.58. The van der Waals surface area contributed by atoms with Crippen LogP contribution in [-0.4, -0.2) is 22.9 Å². The molecule has 0 saturated carbocycles. The van der Waals surface area contributed by atoms with Crippen molar-refractivity contribution in [2.75, 3.05) is 13.1 Å². The van der Waals surface area contributed by atoms with Crippen molar-refractivity contribution in [2.24, 2.45) is 7.05 Å². The van der Waals surface area contributed by atoms with E-state index in [1.54, 1.807) is 0 Å². The highest BCUT2D eigenvalue weighted by Crippen LogP contribution is 2.22. The van der Waals surface area contributed by atoms with Crippen LogP contribution in [0.5, 0.6) is 0 Å². The highest BCUT2D eigenvalue weighted by atomic mass is 15.3. The normalized spacial score (nSPS) is 16.4. The summed E-state index contributed by atoms with van der Waals surface area (Å²) in [7, 11) is 2.01. The number of piperidine rings is 1. The van der Waals surface area contributed by atoms with Crippen molar-refractivity contribution in [3.05, 3.63) is 35.5 Å². The van der Waals surface area contributed by atoms with E-state index >= 15 is 0 Å². The maximum absolute atomic E-state index is 4.60. The first-order chi connectivity index (χ1) is 8.34. The van der Waals surface area contributed by atoms with Gasteiger partial charge in [-0.15, -0.1) is 0 Å². The molecule has 2 aromatic rings. The predicted octanol–water partition coefficient (Wildman–Crippen LogP) is 2.34. The summed E-state index contributed by atoms with van der Waals surface area (Å²) in [5.74, 6) is 0. The van der Waals surface area contributed by atoms with E-state index < -0.39 is 0 Å². The molecule has 1 N–H and O–H groups in total. The Morgan fingerprint density at radius 3 is 2.82 bits per heavy atom. The first-order valence-electron chi connectivity index (χ1n) is 6.16. The van der Waals surface area contributed by atoms with E-state index in [1.165, 1.54) is 16.5 Å². The van der Waals surface area contributed by atoms with Gasteiger partial charge in [0.25, 0.3) is 0 Å². The van der Waals surface area contributed by atoms with E-state index in [2.05, 4.69) is 40.8 Å². The number of benzene rings is 1. The van der Waals surface area contributed by atoms with Gasteiger partial charge in [0.05, 0.1) is 11.2 Å². The Bertz CT molecular complexity index is 558. The minimum absolute atomic E-state index is 1.09. The maximum atomic E-state index is 4.60. The van der Waals surface area contributed by atoms with Gasteiger partial charge in [-0.25, -0.2) is 0 Å². The predicted molar refractivity (Wildman–Crippen MR) is 70.8 cm³/mol. The Labute approximate surface area is 101 Å². The lowest BCUT2D eigenvalue weighted by Crippen LogP contribution is -2.22. The van der Waals surface area contributed by atoms with E-state index in [9.17, 15) is 0 Å². The molecule has 0 atom stereocenters. The summed E-state index contributed by atoms with van der Waals surface area (Å²) in [6, 6.07) is 8.41. The number of nitrogens with one attached hydrogen (secondary N) is 1. The summed E-state index contributed by atoms with van der Waals surface area (Å²) in [4.78, 5) is 0. The van der Waals surface area contributed by atoms with Crippen LogP contribution in [0.2, 0.25) is 0 Å². The molecule has 1 aromatic carbocycles. The highest BCUT2D eigenvalue weighted by Gasteiger charge is 2.09. The molecule has 0 aliphatic carbocycles. The molecule has 0 amide bonds. The molecule has 3 heteroatoms. The molecule has 0 unspecified atom stereocenters. The molecular weight excluding hydrogens is 210 g/mol. The molecule has 0 spiro atoms. The zero-order valence-electron chi connectivity index (χ0n) is 10.1. The fraction of sp³-hybridized carbons (Fsp3) is 0.357. The molecule has 1 aliphatic heterocycles. The average Bonchev–Trinajstić information content (AvgIpc) is 2.69. The summed E-state index contributed by atoms with van der Waals surface area (Å²) in [5, 5.41) is 9.23. The van der Waals surface area contributed by atoms with Crippen molar-refractivity contribution in [1.82, 2.24) is 15.1 Å². The SMILES string of the molecule is Cn1nc(C=C2CCNCC2)c2ccccc21. The largest absolute Gasteiger partial charge is 0.316 e. The van der Waals surface area contributed by atoms with Gasteiger partial charge < -0.3 is 5.32 Å². The van der Waals surface area contributed by atoms with E-state index in [1.807, 2.05) is 11.7 Å². The van der Waals surface area contributed by atoms with E-state index in [0.717, 1.165) is 31.6 Å². The third-order valence-corrected chi connectivity index (χ3v) is 3.37. The minimum Gasteiger partial charge on any atom is -0.316 e. The fourth-order valence-corrected chi connectivity index (χ4v) is 2.43. The second kappa shape index (κ2) is 4.34. The van der Waals surface area contributed by atoms with Gasteiger partial charge in [0.2, 0.25) is 0 Å². The van der Waals surface area contributed by atoms with Crippen LogP contribution in [0.25, 0.3) is 17.0 Å². The smallest absolute Gasteiger partial charge is 0.0929 e. The molecule has 1 fully saturated rings. The van der Waals surface area contributed by atoms with Gasteiger partial charge in [0.15, 0.2) is 0 Å². The van der Waals surface area contributed by atoms with Crippen LogP contribution in [0.15, 0.2) is 29.8 Å². The Morgan fingerprint density at radius 1 is 1.24 bits per heavy atom. The van der Waals surface area contributed by atoms with E-state index in [4.69, 9.17) is 0 Å². The lowest BCUT2D eigenvalue weighted by atomic mass is 10.0. The zero-order chi connectivity index (χ0) is 11.7. The molecule has 17 heavy (non-hydrogen) atoms. The summed E-state index contributed by atoms with van der Waals surface area (Å²) in [5.41, 5.74) is 3.82. The van der Waals surface area contributed by atoms with Crippen molar-refractivity contribution < 1.29 is 0 Å². The van der Waals surface area contributed by atoms with Gasteiger partial charge in [-0.1, -0.05) is 23.8 Å². The molecule has 1 saturated heterocycles. The Kier molecular flexibility index (Phi) is 2.69. The first-order valence-corrected chi connectivity index (χ1v) is 6.16. The molecule has 3 nitrogen and oxygen atoms in total. The molecule has 3 rings (SSSR count). The first kappa shape index (κ1) is 10.5. The number of fused-ring (bicyclic) bond motifs is 1. The number of para-hydroxylation sites is 1. The third-order valence-electron chi connectivity index (χ3n) is 3.37. The standard InChI is InChI=1S/C14H17N3/c1-17-14-5-3-2-4-12(14)13(16-17)10-11-6-8-15-9-7-11/h2-5,10,15H,6-9H2,1H3. The lowest BCUT2D eigenvalue weighted by molar-refractivity contribution is 0.613. The van der Waals surface area contributed by atoms with Crippen LogP contribution in [-0.2, 0) is 7.05 Å². The molecular formula is C14H17N3. The molecule has 88 valence electrons. The van der Waals surface area contributed by atoms with Crippen LogP contribution in [0.1, 0.15) is 18.5 Å². The van der Waals surface area contributed by atoms with E-state index in [-0.39, 0.29) is 0 Å². The third kappa shape index (κ3) is 1.98. The summed E-state index contributed by atoms with van der Waals surface area (Å²) in [6.07, 6.45) is 4.55. The van der Waals surface area contributed by atoms with Crippen molar-refractivity contribution >= 4 is 17.0 Å². The number of hydrogen-bond donors (Lipinski definition) is 1. The topological polar surface area (TPSA) is 29.9 Å². The summed E-state index contributed by atoms with van der Waals surface area (Å²) < 4.78 is 1.96. The van der Waals surface area contributed by atoms with Gasteiger partial charge in [-0.2, -0.15) is 5.10 Å². The molecule has 0 radical (unpaired) electrons. The summed E-state index contributed by atoms with van der Waals surface area (Å²) >= 11 is 0. The Hall–Kier alpha value is -1.61. The van der Waals surface area contributed by atoms with Crippen molar-refractivity contribution in [1.29, 1.82) is 0 Å². The van der Waals surface area contributed by atoms with E-state index in [0.29, 0.717) is 0 Å². The van der Waals surface area contributed by atoms with Crippen molar-refractivity contribution in [2.45, 2.75) is 12.8 Å². The minimum atomic E-state index is 1.09. The van der Waals surface area contributed by atoms with Gasteiger partial charge in [0, 0.05) is 12.4 Å². The van der Waals surface area contributed by atoms with Crippen LogP contribution in [0.3, 0.4) is 0 Å². The number of rotatable bonds is 1. The number of hydrogen-bond acceptors (Lipinski definition) is 2. The van der Waals surface area contributed by atoms with Crippen LogP contribution < -0.4 is 5.32 Å². The molecule has 1 aliphatic rings. The Morgan fingerprint density at radius 2 is 2.00 bits per heavy atom. The molecule has 0 bridgehead atoms. The monoisotopic (exact) mass is 227 g/mol. The van der Waals surface area contributed by atoms with Gasteiger partial charge in [0.1, 0.15) is 0 Å². The summed E-state index contributed by atoms with van der Waals surface area (Å²) in [6.45, 7) is 2.19. The number of aromatic nitrogens is 2. The molecule has 2 heterocycles. The average molecular weight is 227 g/mol. The van der Waals surface area contributed by atoms with Crippen LogP contribution >= 0.6 is 0 Å². The highest BCUT2D eigenvalue weighted by molar-refractivity contribution is 5.87. The zero-order valence-corrected chi connectivity index (χ0v) is 10.1. The van der Waals surface area contributed by atoms with Crippen molar-refractivity contribution in [3.63, 3.8) is 0 Å². The molecule has 1 aromatic heterocycles. The fourth-order valence-electron chi connectivity index (χ4n) is 2.43. The number of nitrogens with zero attached hydrogens (tertiary/aromatic N) is 2. The van der Waals surface area contributed by atoms with Crippen LogP contribution in [0, 0.1) is 0 Å². The maximum Gasteiger partial charge on any atom is 0.0929 e. The number of aryl methyl sites for hydroxylation is 1. The quantitative estimate of drug-likeness (QED) is 0.810. The second-order valence-corrected chi connectivity index (χ2v) is 4.58. The van der Waals surface area contributed by atoms with Gasteiger partial charge >= 0.3 is 0 Å². The van der Waals surface area contributed by atoms with Crippen molar-refractivity contribution in [3.8, 4) is 0 Å². The Balaban J connectivity index is 2.05. The van der Waals surface area contributed by atoms with Gasteiger partial charge in [-0.3, -0.25) is 4.68 Å². The van der Waals surface area contributed by atoms with Crippen LogP contribution in [0.4, 0.5) is 0 Å². The van der Waals surface area contributed by atoms with Gasteiger partial charge in [-0.05, 0) is 38.1 Å². The lowest BCUT2D eigenvalue weighted by Gasteiger charge is -2.14.